The first-order valence-electron chi connectivity index (χ1n) is 4.30. The Balaban J connectivity index is 2.92. The van der Waals surface area contributed by atoms with Crippen LogP contribution in [0.5, 0.6) is 0 Å². The van der Waals surface area contributed by atoms with Crippen LogP contribution in [0.4, 0.5) is 0 Å². The summed E-state index contributed by atoms with van der Waals surface area (Å²) in [7, 11) is 0. The Morgan fingerprint density at radius 3 is 2.54 bits per heavy atom. The molecule has 0 amide bonds. The second-order valence-corrected chi connectivity index (χ2v) is 8.52. The third-order valence-corrected chi connectivity index (χ3v) is 5.85. The molecule has 0 N–H and O–H groups in total. The van der Waals surface area contributed by atoms with E-state index in [1.807, 2.05) is 0 Å². The van der Waals surface area contributed by atoms with Crippen LogP contribution in [0.25, 0.3) is 0 Å². The van der Waals surface area contributed by atoms with Crippen LogP contribution in [0.15, 0.2) is 29.8 Å². The van der Waals surface area contributed by atoms with Gasteiger partial charge >= 0.3 is 86.4 Å². The number of nitrogens with zero attached hydrogens (tertiary/aromatic N) is 1. The molecule has 1 aliphatic heterocycles. The third kappa shape index (κ3) is 2.17. The molecule has 2 heteroatoms. The summed E-state index contributed by atoms with van der Waals surface area (Å²) in [5.41, 5.74) is 5.87. The summed E-state index contributed by atoms with van der Waals surface area (Å²) in [4.78, 5) is 4.68. The first-order valence-corrected chi connectivity index (χ1v) is 8.78. The van der Waals surface area contributed by atoms with Gasteiger partial charge in [0.05, 0.1) is 0 Å². The third-order valence-electron chi connectivity index (χ3n) is 2.26. The van der Waals surface area contributed by atoms with Crippen molar-refractivity contribution in [3.8, 4) is 0 Å². The van der Waals surface area contributed by atoms with E-state index in [1.165, 1.54) is 0 Å². The normalized spacial score (nSPS) is 29.8. The van der Waals surface area contributed by atoms with Crippen LogP contribution in [0.1, 0.15) is 13.8 Å². The fraction of sp³-hybridized carbons (Fsp3) is 0.545. The van der Waals surface area contributed by atoms with E-state index in [2.05, 4.69) is 54.7 Å². The molecule has 0 radical (unpaired) electrons. The second kappa shape index (κ2) is 3.88. The molecule has 13 heavy (non-hydrogen) atoms. The van der Waals surface area contributed by atoms with E-state index < -0.39 is 16.0 Å². The van der Waals surface area contributed by atoms with E-state index in [0.717, 1.165) is 5.71 Å². The summed E-state index contributed by atoms with van der Waals surface area (Å²) in [6, 6.07) is 0. The molecule has 1 aliphatic rings. The number of rotatable bonds is 3. The molecule has 1 rings (SSSR count). The second-order valence-electron chi connectivity index (χ2n) is 3.70. The summed E-state index contributed by atoms with van der Waals surface area (Å²) in [5.74, 6) is 0. The fourth-order valence-electron chi connectivity index (χ4n) is 1.71. The van der Waals surface area contributed by atoms with Gasteiger partial charge in [0.2, 0.25) is 0 Å². The molecule has 0 aromatic rings. The molecule has 0 fully saturated rings. The zero-order chi connectivity index (χ0) is 10.1. The minimum absolute atomic E-state index is 0.00815. The van der Waals surface area contributed by atoms with Crippen molar-refractivity contribution in [2.75, 3.05) is 0 Å². The molecule has 0 aromatic carbocycles. The maximum absolute atomic E-state index is 4.68. The Labute approximate surface area is 86.5 Å². The Morgan fingerprint density at radius 1 is 1.62 bits per heavy atom. The molecule has 0 saturated heterocycles. The van der Waals surface area contributed by atoms with Gasteiger partial charge in [-0.05, 0) is 0 Å². The summed E-state index contributed by atoms with van der Waals surface area (Å²) >= 11 is -0.751. The first kappa shape index (κ1) is 10.9. The van der Waals surface area contributed by atoms with Gasteiger partial charge in [-0.3, -0.25) is 0 Å². The van der Waals surface area contributed by atoms with E-state index in [4.69, 9.17) is 0 Å². The van der Waals surface area contributed by atoms with E-state index in [9.17, 15) is 0 Å². The van der Waals surface area contributed by atoms with Crippen LogP contribution in [0.2, 0.25) is 15.5 Å². The van der Waals surface area contributed by atoms with Crippen LogP contribution in [0, 0.1) is 0 Å². The van der Waals surface area contributed by atoms with Gasteiger partial charge in [-0.1, -0.05) is 0 Å². The van der Waals surface area contributed by atoms with Gasteiger partial charge < -0.3 is 0 Å². The van der Waals surface area contributed by atoms with Crippen molar-refractivity contribution in [3.63, 3.8) is 0 Å². The predicted molar refractivity (Wildman–Crippen MR) is 56.3 cm³/mol. The minimum atomic E-state index is -0.751. The van der Waals surface area contributed by atoms with Gasteiger partial charge in [0, 0.05) is 0 Å². The van der Waals surface area contributed by atoms with Crippen molar-refractivity contribution in [2.45, 2.75) is 34.9 Å². The van der Waals surface area contributed by atoms with Gasteiger partial charge in [0.25, 0.3) is 0 Å². The van der Waals surface area contributed by atoms with Crippen molar-refractivity contribution in [2.24, 2.45) is 4.99 Å². The standard InChI is InChI=1S/C9H12N.2CH3.Ru/c1-4-6-9(3)7-5-8(2)10-9;;;/h4-7H,1H2,2-3H3;2*1H3;. The van der Waals surface area contributed by atoms with Crippen molar-refractivity contribution in [1.82, 2.24) is 0 Å². The zero-order valence-corrected chi connectivity index (χ0v) is 10.6. The van der Waals surface area contributed by atoms with Gasteiger partial charge in [-0.2, -0.15) is 0 Å². The molecule has 2 unspecified atom stereocenters. The first-order chi connectivity index (χ1) is 5.99. The predicted octanol–water partition coefficient (Wildman–Crippen LogP) is 3.46. The molecule has 1 nitrogen and oxygen atoms in total. The topological polar surface area (TPSA) is 12.4 Å². The van der Waals surface area contributed by atoms with E-state index in [0.29, 0.717) is 4.51 Å². The molecular weight excluding hydrogens is 247 g/mol. The molecule has 75 valence electrons. The molecule has 0 aromatic heterocycles. The maximum atomic E-state index is 4.68. The van der Waals surface area contributed by atoms with Gasteiger partial charge in [0.15, 0.2) is 0 Å². The average Bonchev–Trinajstić information content (AvgIpc) is 2.32. The molecule has 0 aliphatic carbocycles. The van der Waals surface area contributed by atoms with Crippen molar-refractivity contribution in [1.29, 1.82) is 0 Å². The molecule has 2 atom stereocenters. The summed E-state index contributed by atoms with van der Waals surface area (Å²) < 4.78 is 0.575. The van der Waals surface area contributed by atoms with E-state index >= 15 is 0 Å². The number of hydrogen-bond acceptors (Lipinski definition) is 1. The summed E-state index contributed by atoms with van der Waals surface area (Å²) in [6.07, 6.45) is 6.43. The van der Waals surface area contributed by atoms with Crippen LogP contribution in [-0.2, 0) is 16.0 Å². The van der Waals surface area contributed by atoms with Crippen LogP contribution in [-0.4, -0.2) is 11.3 Å². The Kier molecular flexibility index (Phi) is 3.24. The van der Waals surface area contributed by atoms with Gasteiger partial charge in [0.1, 0.15) is 0 Å². The van der Waals surface area contributed by atoms with Crippen molar-refractivity contribution < 1.29 is 16.0 Å². The fourth-order valence-corrected chi connectivity index (χ4v) is 4.84. The Morgan fingerprint density at radius 2 is 2.23 bits per heavy atom. The van der Waals surface area contributed by atoms with Crippen LogP contribution in [0.3, 0.4) is 0 Å². The zero-order valence-electron chi connectivity index (χ0n) is 8.82. The molecule has 0 saturated carbocycles. The van der Waals surface area contributed by atoms with E-state index in [1.54, 1.807) is 0 Å². The summed E-state index contributed by atoms with van der Waals surface area (Å²) in [6.45, 7) is 8.20. The number of allylic oxidation sites excluding steroid dienone is 1. The quantitative estimate of drug-likeness (QED) is 0.547. The Bertz CT molecular complexity index is 265. The van der Waals surface area contributed by atoms with Gasteiger partial charge in [-0.25, -0.2) is 0 Å². The van der Waals surface area contributed by atoms with Crippen molar-refractivity contribution >= 4 is 5.71 Å². The van der Waals surface area contributed by atoms with Crippen LogP contribution >= 0.6 is 0 Å². The van der Waals surface area contributed by atoms with E-state index in [-0.39, 0.29) is 5.54 Å². The average molecular weight is 265 g/mol. The molecule has 1 heterocycles. The number of hydrogen-bond donors (Lipinski definition) is 0. The summed E-state index contributed by atoms with van der Waals surface area (Å²) in [5, 5.41) is 0. The molecule has 0 spiro atoms. The molecule has 0 bridgehead atoms. The Hall–Kier alpha value is -0.227. The van der Waals surface area contributed by atoms with Crippen molar-refractivity contribution in [3.05, 3.63) is 24.8 Å². The monoisotopic (exact) mass is 266 g/mol. The SMILES string of the molecule is C=C[CH]([Ru]([CH3])[CH3])C1(C)C=CC(C)=N1. The van der Waals surface area contributed by atoms with Crippen LogP contribution < -0.4 is 0 Å². The molecular formula is C11H18NRu. The van der Waals surface area contributed by atoms with Gasteiger partial charge in [-0.15, -0.1) is 0 Å². The number of aliphatic imine (C=N–C) groups is 1.